The van der Waals surface area contributed by atoms with Gasteiger partial charge in [-0.3, -0.25) is 0 Å². The zero-order valence-electron chi connectivity index (χ0n) is 7.73. The highest BCUT2D eigenvalue weighted by Gasteiger charge is 2.31. The Morgan fingerprint density at radius 3 is 2.50 bits per heavy atom. The molecular formula is C9H18N2O. The monoisotopic (exact) mass is 170 g/mol. The Kier molecular flexibility index (Phi) is 2.35. The standard InChI is InChI=1S/C9H18N2O/c1-9(2-4-12-5-3-9)11-8-6-10-7-8/h8,10-11H,2-7H2,1H3. The van der Waals surface area contributed by atoms with Crippen LogP contribution in [0.3, 0.4) is 0 Å². The number of nitrogens with one attached hydrogen (secondary N) is 2. The van der Waals surface area contributed by atoms with Gasteiger partial charge in [-0.05, 0) is 19.8 Å². The third kappa shape index (κ3) is 1.79. The molecular weight excluding hydrogens is 152 g/mol. The molecule has 2 saturated heterocycles. The van der Waals surface area contributed by atoms with E-state index in [-0.39, 0.29) is 0 Å². The fraction of sp³-hybridized carbons (Fsp3) is 1.00. The summed E-state index contributed by atoms with van der Waals surface area (Å²) in [5.41, 5.74) is 0.338. The lowest BCUT2D eigenvalue weighted by molar-refractivity contribution is 0.0373. The third-order valence-corrected chi connectivity index (χ3v) is 2.93. The van der Waals surface area contributed by atoms with Crippen LogP contribution in [0.15, 0.2) is 0 Å². The summed E-state index contributed by atoms with van der Waals surface area (Å²) in [7, 11) is 0. The van der Waals surface area contributed by atoms with Gasteiger partial charge in [-0.15, -0.1) is 0 Å². The molecule has 2 fully saturated rings. The lowest BCUT2D eigenvalue weighted by Gasteiger charge is -2.41. The fourth-order valence-electron chi connectivity index (χ4n) is 1.85. The molecule has 2 aliphatic rings. The predicted octanol–water partition coefficient (Wildman–Crippen LogP) is 0.117. The molecule has 2 N–H and O–H groups in total. The van der Waals surface area contributed by atoms with Gasteiger partial charge in [0.1, 0.15) is 0 Å². The molecule has 3 heteroatoms. The molecule has 2 aliphatic heterocycles. The van der Waals surface area contributed by atoms with E-state index in [4.69, 9.17) is 4.74 Å². The molecule has 0 aromatic carbocycles. The molecule has 0 aromatic rings. The van der Waals surface area contributed by atoms with Crippen LogP contribution >= 0.6 is 0 Å². The average Bonchev–Trinajstić information content (AvgIpc) is 1.99. The van der Waals surface area contributed by atoms with Crippen molar-refractivity contribution in [3.8, 4) is 0 Å². The van der Waals surface area contributed by atoms with Crippen LogP contribution in [-0.4, -0.2) is 37.9 Å². The van der Waals surface area contributed by atoms with E-state index in [0.29, 0.717) is 11.6 Å². The molecule has 0 radical (unpaired) electrons. The SMILES string of the molecule is CC1(NC2CNC2)CCOCC1. The summed E-state index contributed by atoms with van der Waals surface area (Å²) < 4.78 is 5.34. The van der Waals surface area contributed by atoms with Crippen LogP contribution in [0.5, 0.6) is 0 Å². The van der Waals surface area contributed by atoms with Gasteiger partial charge in [0.25, 0.3) is 0 Å². The second kappa shape index (κ2) is 3.32. The molecule has 0 spiro atoms. The van der Waals surface area contributed by atoms with Crippen molar-refractivity contribution in [2.24, 2.45) is 0 Å². The lowest BCUT2D eigenvalue weighted by Crippen LogP contribution is -2.62. The van der Waals surface area contributed by atoms with Crippen molar-refractivity contribution in [3.63, 3.8) is 0 Å². The highest BCUT2D eigenvalue weighted by atomic mass is 16.5. The maximum atomic E-state index is 5.34. The molecule has 0 saturated carbocycles. The van der Waals surface area contributed by atoms with Crippen molar-refractivity contribution in [2.75, 3.05) is 26.3 Å². The van der Waals surface area contributed by atoms with E-state index >= 15 is 0 Å². The Morgan fingerprint density at radius 2 is 2.00 bits per heavy atom. The van der Waals surface area contributed by atoms with Crippen LogP contribution in [0.25, 0.3) is 0 Å². The topological polar surface area (TPSA) is 33.3 Å². The van der Waals surface area contributed by atoms with Crippen molar-refractivity contribution in [1.29, 1.82) is 0 Å². The largest absolute Gasteiger partial charge is 0.381 e. The van der Waals surface area contributed by atoms with Crippen molar-refractivity contribution >= 4 is 0 Å². The summed E-state index contributed by atoms with van der Waals surface area (Å²) in [6.45, 7) is 6.42. The van der Waals surface area contributed by atoms with Gasteiger partial charge in [0.05, 0.1) is 0 Å². The Bertz CT molecular complexity index is 151. The lowest BCUT2D eigenvalue weighted by atomic mass is 9.91. The Hall–Kier alpha value is -0.120. The second-order valence-electron chi connectivity index (χ2n) is 4.17. The van der Waals surface area contributed by atoms with Gasteiger partial charge in [0.15, 0.2) is 0 Å². The van der Waals surface area contributed by atoms with Crippen molar-refractivity contribution in [3.05, 3.63) is 0 Å². The van der Waals surface area contributed by atoms with Gasteiger partial charge in [0, 0.05) is 37.9 Å². The Morgan fingerprint density at radius 1 is 1.33 bits per heavy atom. The zero-order valence-corrected chi connectivity index (χ0v) is 7.73. The molecule has 0 aliphatic carbocycles. The molecule has 0 aromatic heterocycles. The van der Waals surface area contributed by atoms with Crippen molar-refractivity contribution < 1.29 is 4.74 Å². The highest BCUT2D eigenvalue weighted by Crippen LogP contribution is 2.20. The van der Waals surface area contributed by atoms with Crippen LogP contribution in [-0.2, 0) is 4.74 Å². The van der Waals surface area contributed by atoms with Crippen LogP contribution < -0.4 is 10.6 Å². The highest BCUT2D eigenvalue weighted by molar-refractivity contribution is 4.93. The van der Waals surface area contributed by atoms with E-state index in [1.54, 1.807) is 0 Å². The third-order valence-electron chi connectivity index (χ3n) is 2.93. The maximum Gasteiger partial charge on any atom is 0.0483 e. The first-order chi connectivity index (χ1) is 5.79. The first kappa shape index (κ1) is 8.48. The normalized spacial score (nSPS) is 29.8. The summed E-state index contributed by atoms with van der Waals surface area (Å²) >= 11 is 0. The van der Waals surface area contributed by atoms with E-state index in [1.807, 2.05) is 0 Å². The smallest absolute Gasteiger partial charge is 0.0483 e. The number of hydrogen-bond acceptors (Lipinski definition) is 3. The maximum absolute atomic E-state index is 5.34. The minimum Gasteiger partial charge on any atom is -0.381 e. The first-order valence-corrected chi connectivity index (χ1v) is 4.85. The van der Waals surface area contributed by atoms with E-state index in [2.05, 4.69) is 17.6 Å². The summed E-state index contributed by atoms with van der Waals surface area (Å²) in [5, 5.41) is 6.96. The van der Waals surface area contributed by atoms with Crippen molar-refractivity contribution in [2.45, 2.75) is 31.3 Å². The summed E-state index contributed by atoms with van der Waals surface area (Å²) in [6, 6.07) is 0.702. The first-order valence-electron chi connectivity index (χ1n) is 4.85. The van der Waals surface area contributed by atoms with Crippen LogP contribution in [0.1, 0.15) is 19.8 Å². The summed E-state index contributed by atoms with van der Waals surface area (Å²) in [5.74, 6) is 0. The molecule has 0 bridgehead atoms. The zero-order chi connectivity index (χ0) is 8.44. The molecule has 2 heterocycles. The van der Waals surface area contributed by atoms with Gasteiger partial charge in [0.2, 0.25) is 0 Å². The fourth-order valence-corrected chi connectivity index (χ4v) is 1.85. The van der Waals surface area contributed by atoms with Crippen LogP contribution in [0.2, 0.25) is 0 Å². The quantitative estimate of drug-likeness (QED) is 0.617. The number of hydrogen-bond donors (Lipinski definition) is 2. The molecule has 0 amide bonds. The minimum atomic E-state index is 0.338. The predicted molar refractivity (Wildman–Crippen MR) is 48.3 cm³/mol. The molecule has 0 atom stereocenters. The van der Waals surface area contributed by atoms with Gasteiger partial charge in [-0.1, -0.05) is 0 Å². The molecule has 2 rings (SSSR count). The van der Waals surface area contributed by atoms with Gasteiger partial charge >= 0.3 is 0 Å². The van der Waals surface area contributed by atoms with E-state index < -0.39 is 0 Å². The number of ether oxygens (including phenoxy) is 1. The van der Waals surface area contributed by atoms with E-state index in [9.17, 15) is 0 Å². The average molecular weight is 170 g/mol. The van der Waals surface area contributed by atoms with Gasteiger partial charge in [-0.2, -0.15) is 0 Å². The molecule has 0 unspecified atom stereocenters. The Labute approximate surface area is 73.9 Å². The van der Waals surface area contributed by atoms with E-state index in [0.717, 1.165) is 39.1 Å². The molecule has 12 heavy (non-hydrogen) atoms. The van der Waals surface area contributed by atoms with Gasteiger partial charge in [-0.25, -0.2) is 0 Å². The van der Waals surface area contributed by atoms with Crippen molar-refractivity contribution in [1.82, 2.24) is 10.6 Å². The second-order valence-corrected chi connectivity index (χ2v) is 4.17. The summed E-state index contributed by atoms with van der Waals surface area (Å²) in [6.07, 6.45) is 2.31. The van der Waals surface area contributed by atoms with Crippen LogP contribution in [0, 0.1) is 0 Å². The van der Waals surface area contributed by atoms with Gasteiger partial charge < -0.3 is 15.4 Å². The molecule has 3 nitrogen and oxygen atoms in total. The minimum absolute atomic E-state index is 0.338. The molecule has 70 valence electrons. The Balaban J connectivity index is 1.81. The van der Waals surface area contributed by atoms with E-state index in [1.165, 1.54) is 0 Å². The summed E-state index contributed by atoms with van der Waals surface area (Å²) in [4.78, 5) is 0. The van der Waals surface area contributed by atoms with Crippen LogP contribution in [0.4, 0.5) is 0 Å². The number of rotatable bonds is 2.